The maximum absolute atomic E-state index is 13.3. The Morgan fingerprint density at radius 1 is 1.33 bits per heavy atom. The average molecular weight is 300 g/mol. The number of carbonyl (C=O) groups excluding carboxylic acids is 2. The Kier molecular flexibility index (Phi) is 3.71. The quantitative estimate of drug-likeness (QED) is 0.699. The largest absolute Gasteiger partial charge is 0.465 e. The number of halogens is 3. The van der Waals surface area contributed by atoms with E-state index >= 15 is 0 Å². The van der Waals surface area contributed by atoms with Gasteiger partial charge in [-0.2, -0.15) is 13.2 Å². The molecule has 2 amide bonds. The van der Waals surface area contributed by atoms with Gasteiger partial charge >= 0.3 is 17.7 Å². The van der Waals surface area contributed by atoms with Crippen LogP contribution in [0.4, 0.5) is 13.2 Å². The minimum Gasteiger partial charge on any atom is -0.298 e. The van der Waals surface area contributed by atoms with Crippen molar-refractivity contribution in [2.24, 2.45) is 0 Å². The van der Waals surface area contributed by atoms with Gasteiger partial charge in [-0.3, -0.25) is 10.1 Å². The van der Waals surface area contributed by atoms with E-state index in [4.69, 9.17) is 0 Å². The lowest BCUT2D eigenvalue weighted by Gasteiger charge is -2.23. The molecule has 2 rings (SSSR count). The fourth-order valence-electron chi connectivity index (χ4n) is 1.89. The van der Waals surface area contributed by atoms with E-state index in [1.165, 1.54) is 19.1 Å². The van der Waals surface area contributed by atoms with Gasteiger partial charge in [-0.25, -0.2) is 15.1 Å². The van der Waals surface area contributed by atoms with Crippen molar-refractivity contribution in [3.63, 3.8) is 0 Å². The van der Waals surface area contributed by atoms with E-state index in [1.807, 2.05) is 0 Å². The molecule has 1 heterocycles. The highest BCUT2D eigenvalue weighted by Gasteiger charge is 2.69. The second-order valence-electron chi connectivity index (χ2n) is 4.47. The number of alkyl halides is 3. The first-order valence-electron chi connectivity index (χ1n) is 6.20. The van der Waals surface area contributed by atoms with Gasteiger partial charge in [0.2, 0.25) is 5.91 Å². The molecule has 5 nitrogen and oxygen atoms in total. The molecular formula is C13H13F3N3O2+. The summed E-state index contributed by atoms with van der Waals surface area (Å²) in [5.74, 6) is -2.35. The molecule has 0 aromatic heterocycles. The zero-order valence-corrected chi connectivity index (χ0v) is 11.0. The zero-order chi connectivity index (χ0) is 15.7. The molecule has 0 aliphatic carbocycles. The third-order valence-corrected chi connectivity index (χ3v) is 3.03. The van der Waals surface area contributed by atoms with E-state index in [0.717, 1.165) is 0 Å². The highest BCUT2D eigenvalue weighted by Crippen LogP contribution is 2.26. The Labute approximate surface area is 118 Å². The van der Waals surface area contributed by atoms with Crippen molar-refractivity contribution in [2.75, 3.05) is 0 Å². The minimum atomic E-state index is -4.99. The van der Waals surface area contributed by atoms with E-state index in [-0.39, 0.29) is 12.3 Å². The Hall–Kier alpha value is -2.38. The van der Waals surface area contributed by atoms with Crippen molar-refractivity contribution >= 4 is 17.6 Å². The smallest absolute Gasteiger partial charge is 0.298 e. The predicted molar refractivity (Wildman–Crippen MR) is 66.9 cm³/mol. The van der Waals surface area contributed by atoms with Crippen LogP contribution in [-0.4, -0.2) is 29.5 Å². The van der Waals surface area contributed by atoms with Crippen LogP contribution >= 0.6 is 0 Å². The molecule has 112 valence electrons. The molecule has 0 radical (unpaired) electrons. The van der Waals surface area contributed by atoms with Gasteiger partial charge < -0.3 is 0 Å². The first kappa shape index (κ1) is 15.0. The molecule has 1 aromatic rings. The summed E-state index contributed by atoms with van der Waals surface area (Å²) in [5, 5.41) is 3.85. The summed E-state index contributed by atoms with van der Waals surface area (Å²) in [6.45, 7) is 1.40. The number of amidine groups is 1. The Balaban J connectivity index is 2.48. The van der Waals surface area contributed by atoms with Gasteiger partial charge in [0.15, 0.2) is 0 Å². The third kappa shape index (κ3) is 2.61. The van der Waals surface area contributed by atoms with Crippen LogP contribution in [0.5, 0.6) is 0 Å². The van der Waals surface area contributed by atoms with Crippen LogP contribution < -0.4 is 15.6 Å². The molecule has 1 aliphatic heterocycles. The lowest BCUT2D eigenvalue weighted by molar-refractivity contribution is -0.581. The number of hydrogen-bond acceptors (Lipinski definition) is 2. The number of rotatable bonds is 3. The summed E-state index contributed by atoms with van der Waals surface area (Å²) in [7, 11) is 0. The van der Waals surface area contributed by atoms with E-state index in [2.05, 4.69) is 10.3 Å². The second-order valence-corrected chi connectivity index (χ2v) is 4.47. The van der Waals surface area contributed by atoms with Crippen molar-refractivity contribution < 1.29 is 27.8 Å². The first-order valence-corrected chi connectivity index (χ1v) is 6.20. The summed E-state index contributed by atoms with van der Waals surface area (Å²) in [6.07, 6.45) is -5.16. The minimum absolute atomic E-state index is 0.102. The van der Waals surface area contributed by atoms with Crippen LogP contribution in [0.1, 0.15) is 18.9 Å². The highest BCUT2D eigenvalue weighted by atomic mass is 19.4. The fourth-order valence-corrected chi connectivity index (χ4v) is 1.89. The second kappa shape index (κ2) is 5.19. The summed E-state index contributed by atoms with van der Waals surface area (Å²) >= 11 is 0. The SMILES string of the molecule is CCC(=O)NC1(C(F)(F)F)[NH+]=C(c2ccccc2)NC1=O. The summed E-state index contributed by atoms with van der Waals surface area (Å²) in [6, 6.07) is 8.01. The number of nitrogens with one attached hydrogen (secondary N) is 3. The standard InChI is InChI=1S/C13H12F3N3O2/c1-2-9(20)18-12(13(14,15)16)11(21)17-10(19-12)8-6-4-3-5-7-8/h3-7H,2H2,1H3,(H,18,20)(H,17,19,21)/p+1. The van der Waals surface area contributed by atoms with E-state index in [0.29, 0.717) is 5.56 Å². The number of amides is 2. The zero-order valence-electron chi connectivity index (χ0n) is 11.0. The Morgan fingerprint density at radius 2 is 1.95 bits per heavy atom. The van der Waals surface area contributed by atoms with Gasteiger partial charge in [-0.05, 0) is 12.1 Å². The number of benzene rings is 1. The molecule has 0 saturated carbocycles. The molecule has 1 aromatic carbocycles. The maximum atomic E-state index is 13.3. The van der Waals surface area contributed by atoms with Crippen LogP contribution in [0, 0.1) is 0 Å². The number of hydrogen-bond donors (Lipinski definition) is 3. The maximum Gasteiger partial charge on any atom is 0.465 e. The van der Waals surface area contributed by atoms with Gasteiger partial charge in [-0.1, -0.05) is 25.1 Å². The average Bonchev–Trinajstić information content (AvgIpc) is 2.78. The molecule has 0 saturated heterocycles. The van der Waals surface area contributed by atoms with Gasteiger partial charge in [0.05, 0.1) is 5.56 Å². The fraction of sp³-hybridized carbons (Fsp3) is 0.308. The van der Waals surface area contributed by atoms with Gasteiger partial charge in [0.25, 0.3) is 5.84 Å². The molecule has 0 fully saturated rings. The summed E-state index contributed by atoms with van der Waals surface area (Å²) in [5.41, 5.74) is -2.77. The molecule has 0 spiro atoms. The molecule has 21 heavy (non-hydrogen) atoms. The first-order chi connectivity index (χ1) is 9.80. The van der Waals surface area contributed by atoms with E-state index < -0.39 is 23.7 Å². The van der Waals surface area contributed by atoms with Crippen LogP contribution in [-0.2, 0) is 9.59 Å². The molecule has 3 N–H and O–H groups in total. The van der Waals surface area contributed by atoms with Crippen LogP contribution in [0.3, 0.4) is 0 Å². The summed E-state index contributed by atoms with van der Waals surface area (Å²) in [4.78, 5) is 25.3. The molecular weight excluding hydrogens is 287 g/mol. The summed E-state index contributed by atoms with van der Waals surface area (Å²) < 4.78 is 39.9. The lowest BCUT2D eigenvalue weighted by atomic mass is 10.1. The molecule has 1 atom stereocenters. The monoisotopic (exact) mass is 300 g/mol. The number of carbonyl (C=O) groups is 2. The third-order valence-electron chi connectivity index (χ3n) is 3.03. The molecule has 8 heteroatoms. The molecule has 0 bridgehead atoms. The molecule has 1 aliphatic rings. The molecule has 1 unspecified atom stereocenters. The van der Waals surface area contributed by atoms with Gasteiger partial charge in [0.1, 0.15) is 0 Å². The lowest BCUT2D eigenvalue weighted by Crippen LogP contribution is -2.96. The highest BCUT2D eigenvalue weighted by molar-refractivity contribution is 6.11. The van der Waals surface area contributed by atoms with Crippen molar-refractivity contribution in [3.8, 4) is 0 Å². The van der Waals surface area contributed by atoms with Gasteiger partial charge in [-0.15, -0.1) is 0 Å². The van der Waals surface area contributed by atoms with Gasteiger partial charge in [0, 0.05) is 6.42 Å². The van der Waals surface area contributed by atoms with Crippen LogP contribution in [0.25, 0.3) is 0 Å². The van der Waals surface area contributed by atoms with E-state index in [9.17, 15) is 22.8 Å². The topological polar surface area (TPSA) is 72.2 Å². The van der Waals surface area contributed by atoms with Crippen molar-refractivity contribution in [2.45, 2.75) is 25.2 Å². The van der Waals surface area contributed by atoms with Crippen LogP contribution in [0.2, 0.25) is 0 Å². The van der Waals surface area contributed by atoms with Crippen molar-refractivity contribution in [1.29, 1.82) is 0 Å². The normalized spacial score (nSPS) is 21.7. The van der Waals surface area contributed by atoms with E-state index in [1.54, 1.807) is 23.5 Å². The van der Waals surface area contributed by atoms with Crippen LogP contribution in [0.15, 0.2) is 30.3 Å². The Bertz CT molecular complexity index is 598. The van der Waals surface area contributed by atoms with Crippen molar-refractivity contribution in [3.05, 3.63) is 35.9 Å². The van der Waals surface area contributed by atoms with Crippen molar-refractivity contribution in [1.82, 2.24) is 10.6 Å². The Morgan fingerprint density at radius 3 is 2.48 bits per heavy atom. The predicted octanol–water partition coefficient (Wildman–Crippen LogP) is -0.572.